The van der Waals surface area contributed by atoms with Crippen LogP contribution in [0, 0.1) is 0 Å². The Labute approximate surface area is 91.4 Å². The highest BCUT2D eigenvalue weighted by Crippen LogP contribution is 2.27. The summed E-state index contributed by atoms with van der Waals surface area (Å²) < 4.78 is 9.99. The zero-order valence-electron chi connectivity index (χ0n) is 8.16. The third kappa shape index (κ3) is 2.19. The molecule has 0 saturated carbocycles. The summed E-state index contributed by atoms with van der Waals surface area (Å²) in [6, 6.07) is 1.69. The molecule has 0 aliphatic carbocycles. The maximum atomic E-state index is 5.78. The lowest BCUT2D eigenvalue weighted by Gasteiger charge is -1.90. The van der Waals surface area contributed by atoms with E-state index in [0.29, 0.717) is 17.3 Å². The number of aromatic nitrogens is 2. The van der Waals surface area contributed by atoms with E-state index >= 15 is 0 Å². The van der Waals surface area contributed by atoms with E-state index in [0.717, 1.165) is 13.0 Å². The molecule has 0 saturated heterocycles. The number of halogens is 1. The van der Waals surface area contributed by atoms with Gasteiger partial charge in [-0.2, -0.15) is 4.98 Å². The molecular weight excluding hydrogens is 218 g/mol. The van der Waals surface area contributed by atoms with Crippen molar-refractivity contribution in [1.82, 2.24) is 15.5 Å². The second-order valence-corrected chi connectivity index (χ2v) is 3.32. The molecule has 1 N–H and O–H groups in total. The lowest BCUT2D eigenvalue weighted by molar-refractivity contribution is 0.421. The first-order valence-corrected chi connectivity index (χ1v) is 4.89. The normalized spacial score (nSPS) is 10.8. The van der Waals surface area contributed by atoms with Gasteiger partial charge in [0, 0.05) is 13.0 Å². The van der Waals surface area contributed by atoms with Crippen LogP contribution >= 0.6 is 11.6 Å². The Balaban J connectivity index is 2.17. The van der Waals surface area contributed by atoms with Crippen LogP contribution in [0.2, 0.25) is 5.22 Å². The number of rotatable bonds is 4. The van der Waals surface area contributed by atoms with Crippen molar-refractivity contribution in [3.63, 3.8) is 0 Å². The molecule has 2 rings (SSSR count). The summed E-state index contributed by atoms with van der Waals surface area (Å²) in [6.45, 7) is 0.804. The number of nitrogens with one attached hydrogen (secondary N) is 1. The van der Waals surface area contributed by atoms with Crippen molar-refractivity contribution in [2.24, 2.45) is 0 Å². The van der Waals surface area contributed by atoms with E-state index in [1.165, 1.54) is 6.26 Å². The molecule has 15 heavy (non-hydrogen) atoms. The fourth-order valence-corrected chi connectivity index (χ4v) is 1.34. The lowest BCUT2D eigenvalue weighted by atomic mass is 10.3. The monoisotopic (exact) mass is 227 g/mol. The predicted molar refractivity (Wildman–Crippen MR) is 54.6 cm³/mol. The first-order valence-electron chi connectivity index (χ1n) is 4.52. The van der Waals surface area contributed by atoms with Crippen molar-refractivity contribution >= 4 is 11.6 Å². The molecule has 80 valence electrons. The molecule has 0 bridgehead atoms. The molecule has 0 amide bonds. The molecule has 0 aromatic carbocycles. The van der Waals surface area contributed by atoms with E-state index in [2.05, 4.69) is 15.5 Å². The van der Waals surface area contributed by atoms with Crippen LogP contribution in [-0.2, 0) is 6.42 Å². The minimum Gasteiger partial charge on any atom is -0.452 e. The number of hydrogen-bond acceptors (Lipinski definition) is 5. The summed E-state index contributed by atoms with van der Waals surface area (Å²) in [4.78, 5) is 4.19. The molecule has 2 aromatic rings. The summed E-state index contributed by atoms with van der Waals surface area (Å²) in [5.41, 5.74) is 0.625. The second kappa shape index (κ2) is 4.46. The minimum absolute atomic E-state index is 0.263. The van der Waals surface area contributed by atoms with E-state index < -0.39 is 0 Å². The number of nitrogens with zero attached hydrogens (tertiary/aromatic N) is 2. The average Bonchev–Trinajstić information content (AvgIpc) is 2.83. The van der Waals surface area contributed by atoms with Gasteiger partial charge in [-0.3, -0.25) is 0 Å². The van der Waals surface area contributed by atoms with Crippen molar-refractivity contribution in [3.8, 4) is 11.5 Å². The summed E-state index contributed by atoms with van der Waals surface area (Å²) in [5.74, 6) is 1.04. The van der Waals surface area contributed by atoms with E-state index in [9.17, 15) is 0 Å². The zero-order valence-corrected chi connectivity index (χ0v) is 8.91. The molecule has 5 nitrogen and oxygen atoms in total. The van der Waals surface area contributed by atoms with Crippen molar-refractivity contribution in [3.05, 3.63) is 23.4 Å². The molecule has 6 heteroatoms. The highest BCUT2D eigenvalue weighted by atomic mass is 35.5. The number of furan rings is 1. The predicted octanol–water partition coefficient (Wildman–Crippen LogP) is 1.74. The molecule has 0 fully saturated rings. The van der Waals surface area contributed by atoms with Gasteiger partial charge in [0.05, 0.1) is 11.8 Å². The Kier molecular flexibility index (Phi) is 3.03. The van der Waals surface area contributed by atoms with Crippen molar-refractivity contribution in [2.45, 2.75) is 6.42 Å². The zero-order chi connectivity index (χ0) is 10.7. The maximum absolute atomic E-state index is 5.78. The van der Waals surface area contributed by atoms with Gasteiger partial charge in [-0.1, -0.05) is 5.16 Å². The van der Waals surface area contributed by atoms with E-state index in [4.69, 9.17) is 20.5 Å². The first kappa shape index (κ1) is 10.2. The Morgan fingerprint density at radius 3 is 3.07 bits per heavy atom. The fraction of sp³-hybridized carbons (Fsp3) is 0.333. The van der Waals surface area contributed by atoms with Gasteiger partial charge in [0.15, 0.2) is 5.82 Å². The maximum Gasteiger partial charge on any atom is 0.262 e. The van der Waals surface area contributed by atoms with Crippen LogP contribution < -0.4 is 5.32 Å². The van der Waals surface area contributed by atoms with Crippen LogP contribution in [-0.4, -0.2) is 23.7 Å². The summed E-state index contributed by atoms with van der Waals surface area (Å²) >= 11 is 5.78. The van der Waals surface area contributed by atoms with Crippen molar-refractivity contribution in [1.29, 1.82) is 0 Å². The quantitative estimate of drug-likeness (QED) is 0.862. The lowest BCUT2D eigenvalue weighted by Crippen LogP contribution is -2.10. The van der Waals surface area contributed by atoms with Crippen LogP contribution in [0.5, 0.6) is 0 Å². The van der Waals surface area contributed by atoms with Crippen LogP contribution in [0.4, 0.5) is 0 Å². The molecule has 0 aliphatic rings. The van der Waals surface area contributed by atoms with Gasteiger partial charge in [0.25, 0.3) is 5.89 Å². The standard InChI is InChI=1S/C9H10ClN3O2/c1-11-4-2-7-12-9(15-13-7)6-3-5-14-8(6)10/h3,5,11H,2,4H2,1H3. The topological polar surface area (TPSA) is 64.1 Å². The van der Waals surface area contributed by atoms with Gasteiger partial charge in [-0.05, 0) is 24.7 Å². The molecule has 2 aromatic heterocycles. The highest BCUT2D eigenvalue weighted by Gasteiger charge is 2.13. The van der Waals surface area contributed by atoms with Gasteiger partial charge in [-0.15, -0.1) is 0 Å². The van der Waals surface area contributed by atoms with E-state index in [-0.39, 0.29) is 5.22 Å². The Morgan fingerprint density at radius 1 is 1.53 bits per heavy atom. The third-order valence-corrected chi connectivity index (χ3v) is 2.21. The van der Waals surface area contributed by atoms with Gasteiger partial charge in [-0.25, -0.2) is 0 Å². The Bertz CT molecular complexity index is 438. The summed E-state index contributed by atoms with van der Waals surface area (Å²) in [5, 5.41) is 7.09. The Morgan fingerprint density at radius 2 is 2.40 bits per heavy atom. The van der Waals surface area contributed by atoms with Gasteiger partial charge >= 0.3 is 0 Å². The second-order valence-electron chi connectivity index (χ2n) is 2.98. The molecule has 0 aliphatic heterocycles. The SMILES string of the molecule is CNCCc1noc(-c2ccoc2Cl)n1. The molecule has 0 radical (unpaired) electrons. The minimum atomic E-state index is 0.263. The fourth-order valence-electron chi connectivity index (χ4n) is 1.15. The number of likely N-dealkylation sites (N-methyl/N-ethyl adjacent to an activating group) is 1. The highest BCUT2D eigenvalue weighted by molar-refractivity contribution is 6.31. The molecule has 0 unspecified atom stereocenters. The van der Waals surface area contributed by atoms with Gasteiger partial charge in [0.1, 0.15) is 0 Å². The Hall–Kier alpha value is -1.33. The van der Waals surface area contributed by atoms with Crippen LogP contribution in [0.15, 0.2) is 21.3 Å². The van der Waals surface area contributed by atoms with Gasteiger partial charge < -0.3 is 14.3 Å². The molecule has 0 atom stereocenters. The molecule has 0 spiro atoms. The summed E-state index contributed by atoms with van der Waals surface area (Å²) in [6.07, 6.45) is 2.20. The third-order valence-electron chi connectivity index (χ3n) is 1.92. The molecular formula is C9H10ClN3O2. The first-order chi connectivity index (χ1) is 7.31. The van der Waals surface area contributed by atoms with Gasteiger partial charge in [0.2, 0.25) is 5.22 Å². The van der Waals surface area contributed by atoms with Crippen LogP contribution in [0.1, 0.15) is 5.82 Å². The largest absolute Gasteiger partial charge is 0.452 e. The average molecular weight is 228 g/mol. The van der Waals surface area contributed by atoms with Crippen LogP contribution in [0.25, 0.3) is 11.5 Å². The van der Waals surface area contributed by atoms with E-state index in [1.807, 2.05) is 7.05 Å². The van der Waals surface area contributed by atoms with Crippen molar-refractivity contribution < 1.29 is 8.94 Å². The molecule has 2 heterocycles. The van der Waals surface area contributed by atoms with Crippen LogP contribution in [0.3, 0.4) is 0 Å². The smallest absolute Gasteiger partial charge is 0.262 e. The van der Waals surface area contributed by atoms with Crippen molar-refractivity contribution in [2.75, 3.05) is 13.6 Å². The number of hydrogen-bond donors (Lipinski definition) is 1. The van der Waals surface area contributed by atoms with E-state index in [1.54, 1.807) is 6.07 Å². The summed E-state index contributed by atoms with van der Waals surface area (Å²) in [7, 11) is 1.87.